The second kappa shape index (κ2) is 7.12. The Morgan fingerprint density at radius 1 is 1.25 bits per heavy atom. The van der Waals surface area contributed by atoms with Crippen LogP contribution in [0.4, 0.5) is 5.69 Å². The number of carbonyl (C=O) groups excluding carboxylic acids is 1. The zero-order chi connectivity index (χ0) is 14.4. The van der Waals surface area contributed by atoms with Gasteiger partial charge in [0.05, 0.1) is 11.3 Å². The lowest BCUT2D eigenvalue weighted by atomic mass is 10.2. The second-order valence-corrected chi connectivity index (χ2v) is 6.02. The van der Waals surface area contributed by atoms with Crippen LogP contribution in [0.3, 0.4) is 0 Å². The molecule has 0 spiro atoms. The zero-order valence-electron chi connectivity index (χ0n) is 10.5. The molecule has 0 saturated heterocycles. The van der Waals surface area contributed by atoms with E-state index in [1.54, 1.807) is 23.5 Å². The van der Waals surface area contributed by atoms with Crippen molar-refractivity contribution in [2.24, 2.45) is 0 Å². The largest absolute Gasteiger partial charge is 0.478 e. The van der Waals surface area contributed by atoms with Gasteiger partial charge in [0.1, 0.15) is 0 Å². The van der Waals surface area contributed by atoms with Crippen LogP contribution in [-0.4, -0.2) is 22.7 Å². The van der Waals surface area contributed by atoms with Gasteiger partial charge in [0.15, 0.2) is 0 Å². The summed E-state index contributed by atoms with van der Waals surface area (Å²) in [5, 5.41) is 13.6. The Kier molecular flexibility index (Phi) is 5.20. The first-order chi connectivity index (χ1) is 9.65. The van der Waals surface area contributed by atoms with E-state index in [0.29, 0.717) is 11.4 Å². The van der Waals surface area contributed by atoms with Crippen molar-refractivity contribution in [2.45, 2.75) is 5.75 Å². The molecule has 1 amide bonds. The molecule has 0 fully saturated rings. The van der Waals surface area contributed by atoms with Gasteiger partial charge < -0.3 is 10.4 Å². The molecule has 0 saturated carbocycles. The summed E-state index contributed by atoms with van der Waals surface area (Å²) >= 11 is 3.20. The molecular weight excluding hydrogens is 294 g/mol. The first-order valence-corrected chi connectivity index (χ1v) is 7.92. The molecule has 0 bridgehead atoms. The van der Waals surface area contributed by atoms with Crippen molar-refractivity contribution >= 4 is 40.7 Å². The number of nitrogens with one attached hydrogen (secondary N) is 1. The van der Waals surface area contributed by atoms with Gasteiger partial charge in [-0.2, -0.15) is 0 Å². The maximum atomic E-state index is 11.7. The van der Waals surface area contributed by atoms with Crippen molar-refractivity contribution in [1.29, 1.82) is 0 Å². The zero-order valence-corrected chi connectivity index (χ0v) is 12.2. The minimum Gasteiger partial charge on any atom is -0.478 e. The number of thiophene rings is 1. The maximum absolute atomic E-state index is 11.7. The van der Waals surface area contributed by atoms with Crippen molar-refractivity contribution < 1.29 is 14.7 Å². The first kappa shape index (κ1) is 14.6. The summed E-state index contributed by atoms with van der Waals surface area (Å²) in [4.78, 5) is 23.8. The van der Waals surface area contributed by atoms with Gasteiger partial charge in [0.25, 0.3) is 0 Å². The molecule has 20 heavy (non-hydrogen) atoms. The Morgan fingerprint density at radius 3 is 2.80 bits per heavy atom. The number of thioether (sulfide) groups is 1. The van der Waals surface area contributed by atoms with E-state index in [1.807, 2.05) is 17.5 Å². The molecule has 2 rings (SSSR count). The number of amides is 1. The van der Waals surface area contributed by atoms with Gasteiger partial charge in [-0.3, -0.25) is 4.79 Å². The Labute approximate surface area is 124 Å². The van der Waals surface area contributed by atoms with Crippen molar-refractivity contribution in [3.8, 4) is 0 Å². The van der Waals surface area contributed by atoms with E-state index in [9.17, 15) is 9.59 Å². The summed E-state index contributed by atoms with van der Waals surface area (Å²) in [7, 11) is 0. The molecule has 104 valence electrons. The van der Waals surface area contributed by atoms with Crippen LogP contribution in [-0.2, 0) is 10.5 Å². The van der Waals surface area contributed by atoms with Gasteiger partial charge in [-0.1, -0.05) is 12.1 Å². The van der Waals surface area contributed by atoms with Crippen LogP contribution in [0, 0.1) is 0 Å². The molecule has 0 radical (unpaired) electrons. The van der Waals surface area contributed by atoms with Crippen LogP contribution in [0.2, 0.25) is 0 Å². The lowest BCUT2D eigenvalue weighted by molar-refractivity contribution is -0.113. The van der Waals surface area contributed by atoms with Gasteiger partial charge in [0.2, 0.25) is 5.91 Å². The highest BCUT2D eigenvalue weighted by Crippen LogP contribution is 2.17. The third-order valence-corrected chi connectivity index (χ3v) is 4.49. The molecule has 2 aromatic rings. The average Bonchev–Trinajstić information content (AvgIpc) is 2.92. The summed E-state index contributed by atoms with van der Waals surface area (Å²) in [6, 6.07) is 10.2. The lowest BCUT2D eigenvalue weighted by Crippen LogP contribution is -2.14. The Morgan fingerprint density at radius 2 is 2.10 bits per heavy atom. The summed E-state index contributed by atoms with van der Waals surface area (Å²) in [5.74, 6) is 0.0115. The molecule has 1 heterocycles. The molecule has 0 atom stereocenters. The number of aromatic carboxylic acids is 1. The van der Waals surface area contributed by atoms with Gasteiger partial charge >= 0.3 is 5.97 Å². The van der Waals surface area contributed by atoms with Crippen molar-refractivity contribution in [3.05, 3.63) is 52.2 Å². The SMILES string of the molecule is O=C(CSCc1cccs1)Nc1cccc(C(=O)O)c1. The van der Waals surface area contributed by atoms with Crippen LogP contribution >= 0.6 is 23.1 Å². The van der Waals surface area contributed by atoms with Gasteiger partial charge in [-0.15, -0.1) is 23.1 Å². The number of rotatable bonds is 6. The van der Waals surface area contributed by atoms with Crippen LogP contribution < -0.4 is 5.32 Å². The Hall–Kier alpha value is -1.79. The van der Waals surface area contributed by atoms with E-state index in [4.69, 9.17) is 5.11 Å². The third-order valence-electron chi connectivity index (χ3n) is 2.45. The fourth-order valence-electron chi connectivity index (χ4n) is 1.57. The smallest absolute Gasteiger partial charge is 0.335 e. The van der Waals surface area contributed by atoms with Gasteiger partial charge in [-0.05, 0) is 29.6 Å². The number of hydrogen-bond acceptors (Lipinski definition) is 4. The highest BCUT2D eigenvalue weighted by molar-refractivity contribution is 7.99. The lowest BCUT2D eigenvalue weighted by Gasteiger charge is -2.05. The van der Waals surface area contributed by atoms with E-state index in [2.05, 4.69) is 5.32 Å². The minimum absolute atomic E-state index is 0.130. The van der Waals surface area contributed by atoms with Crippen LogP contribution in [0.25, 0.3) is 0 Å². The molecule has 1 aromatic carbocycles. The number of hydrogen-bond donors (Lipinski definition) is 2. The van der Waals surface area contributed by atoms with Crippen LogP contribution in [0.15, 0.2) is 41.8 Å². The molecule has 0 aliphatic heterocycles. The first-order valence-electron chi connectivity index (χ1n) is 5.88. The highest BCUT2D eigenvalue weighted by Gasteiger charge is 2.06. The number of anilines is 1. The third kappa shape index (κ3) is 4.40. The average molecular weight is 307 g/mol. The van der Waals surface area contributed by atoms with E-state index in [-0.39, 0.29) is 11.5 Å². The fourth-order valence-corrected chi connectivity index (χ4v) is 3.23. The number of carboxylic acids is 1. The molecule has 2 N–H and O–H groups in total. The van der Waals surface area contributed by atoms with Crippen LogP contribution in [0.5, 0.6) is 0 Å². The molecule has 0 aliphatic carbocycles. The number of carboxylic acid groups (broad SMARTS) is 1. The number of benzene rings is 1. The predicted molar refractivity (Wildman–Crippen MR) is 82.5 cm³/mol. The van der Waals surface area contributed by atoms with Gasteiger partial charge in [-0.25, -0.2) is 4.79 Å². The molecule has 0 aliphatic rings. The van der Waals surface area contributed by atoms with Gasteiger partial charge in [0, 0.05) is 16.3 Å². The summed E-state index contributed by atoms with van der Waals surface area (Å²) in [5.41, 5.74) is 0.667. The summed E-state index contributed by atoms with van der Waals surface area (Å²) in [6.45, 7) is 0. The minimum atomic E-state index is -1.01. The van der Waals surface area contributed by atoms with E-state index >= 15 is 0 Å². The Balaban J connectivity index is 1.82. The molecule has 0 unspecified atom stereocenters. The predicted octanol–water partition coefficient (Wildman–Crippen LogP) is 3.32. The molecular formula is C14H13NO3S2. The van der Waals surface area contributed by atoms with E-state index in [1.165, 1.54) is 28.8 Å². The van der Waals surface area contributed by atoms with Crippen LogP contribution in [0.1, 0.15) is 15.2 Å². The standard InChI is InChI=1S/C14H13NO3S2/c16-13(9-19-8-12-5-2-6-20-12)15-11-4-1-3-10(7-11)14(17)18/h1-7H,8-9H2,(H,15,16)(H,17,18). The van der Waals surface area contributed by atoms with Crippen molar-refractivity contribution in [2.75, 3.05) is 11.1 Å². The van der Waals surface area contributed by atoms with Crippen molar-refractivity contribution in [3.63, 3.8) is 0 Å². The van der Waals surface area contributed by atoms with E-state index < -0.39 is 5.97 Å². The number of carbonyl (C=O) groups is 2. The highest BCUT2D eigenvalue weighted by atomic mass is 32.2. The summed E-state index contributed by atoms with van der Waals surface area (Å²) < 4.78 is 0. The Bertz CT molecular complexity index is 596. The molecule has 1 aromatic heterocycles. The van der Waals surface area contributed by atoms with Crippen molar-refractivity contribution in [1.82, 2.24) is 0 Å². The monoisotopic (exact) mass is 307 g/mol. The fraction of sp³-hybridized carbons (Fsp3) is 0.143. The van der Waals surface area contributed by atoms with E-state index in [0.717, 1.165) is 5.75 Å². The maximum Gasteiger partial charge on any atom is 0.335 e. The normalized spacial score (nSPS) is 10.2. The topological polar surface area (TPSA) is 66.4 Å². The quantitative estimate of drug-likeness (QED) is 0.859. The summed E-state index contributed by atoms with van der Waals surface area (Å²) in [6.07, 6.45) is 0. The molecule has 6 heteroatoms. The second-order valence-electron chi connectivity index (χ2n) is 4.01. The molecule has 4 nitrogen and oxygen atoms in total.